The third-order valence-corrected chi connectivity index (χ3v) is 5.25. The number of carbonyl (C=O) groups is 1. The van der Waals surface area contributed by atoms with Crippen LogP contribution in [0.4, 0.5) is 5.69 Å². The van der Waals surface area contributed by atoms with Gasteiger partial charge in [-0.3, -0.25) is 19.6 Å². The molecule has 0 aliphatic rings. The van der Waals surface area contributed by atoms with Crippen LogP contribution in [0, 0.1) is 24.0 Å². The number of hydrogen-bond acceptors (Lipinski definition) is 4. The maximum absolute atomic E-state index is 13.4. The zero-order valence-corrected chi connectivity index (χ0v) is 16.4. The molecule has 29 heavy (non-hydrogen) atoms. The summed E-state index contributed by atoms with van der Waals surface area (Å²) in [5, 5.41) is 16.4. The number of Topliss-reactive ketones (excluding diaryl/α,β-unsaturated/α-hetero) is 1. The molecule has 7 nitrogen and oxygen atoms in total. The summed E-state index contributed by atoms with van der Waals surface area (Å²) in [6.07, 6.45) is 0. The highest BCUT2D eigenvalue weighted by Crippen LogP contribution is 2.34. The fourth-order valence-electron chi connectivity index (χ4n) is 3.93. The first kappa shape index (κ1) is 18.6. The van der Waals surface area contributed by atoms with Crippen molar-refractivity contribution >= 4 is 22.4 Å². The fraction of sp³-hybridized carbons (Fsp3) is 0.182. The minimum Gasteiger partial charge on any atom is -0.343 e. The molecule has 2 aromatic heterocycles. The molecule has 2 heterocycles. The maximum atomic E-state index is 13.4. The Kier molecular flexibility index (Phi) is 4.50. The standard InChI is InChI=1S/C22H20N4O3/c1-14-21(26(28)29)15(2)25(23-14)13-19(27)20-17-11-7-8-12-18(17)24(3)22(20)16-9-5-4-6-10-16/h4-12H,13H2,1-3H3. The van der Waals surface area contributed by atoms with E-state index in [1.165, 1.54) is 4.68 Å². The Hall–Kier alpha value is -3.74. The number of para-hydroxylation sites is 1. The van der Waals surface area contributed by atoms with Gasteiger partial charge in [-0.15, -0.1) is 0 Å². The summed E-state index contributed by atoms with van der Waals surface area (Å²) >= 11 is 0. The first-order chi connectivity index (χ1) is 13.9. The minimum absolute atomic E-state index is 0.0426. The monoisotopic (exact) mass is 388 g/mol. The van der Waals surface area contributed by atoms with Gasteiger partial charge in [0.15, 0.2) is 5.78 Å². The molecule has 4 rings (SSSR count). The average molecular weight is 388 g/mol. The van der Waals surface area contributed by atoms with E-state index >= 15 is 0 Å². The lowest BCUT2D eigenvalue weighted by molar-refractivity contribution is -0.386. The topological polar surface area (TPSA) is 83.0 Å². The van der Waals surface area contributed by atoms with Crippen molar-refractivity contribution in [1.29, 1.82) is 0 Å². The summed E-state index contributed by atoms with van der Waals surface area (Å²) in [7, 11) is 1.94. The zero-order valence-electron chi connectivity index (χ0n) is 16.4. The third kappa shape index (κ3) is 3.00. The van der Waals surface area contributed by atoms with Crippen LogP contribution in [0.5, 0.6) is 0 Å². The number of nitrogens with zero attached hydrogens (tertiary/aromatic N) is 4. The van der Waals surface area contributed by atoms with Crippen molar-refractivity contribution < 1.29 is 9.72 Å². The summed E-state index contributed by atoms with van der Waals surface area (Å²) < 4.78 is 3.44. The second-order valence-electron chi connectivity index (χ2n) is 7.02. The number of benzene rings is 2. The summed E-state index contributed by atoms with van der Waals surface area (Å²) in [6, 6.07) is 17.5. The van der Waals surface area contributed by atoms with Gasteiger partial charge in [-0.1, -0.05) is 48.5 Å². The lowest BCUT2D eigenvalue weighted by atomic mass is 10.0. The van der Waals surface area contributed by atoms with E-state index in [1.807, 2.05) is 66.2 Å². The van der Waals surface area contributed by atoms with Gasteiger partial charge in [0.05, 0.1) is 16.2 Å². The molecule has 2 aromatic carbocycles. The normalized spacial score (nSPS) is 11.1. The predicted octanol–water partition coefficient (Wildman–Crippen LogP) is 4.45. The zero-order chi connectivity index (χ0) is 20.7. The summed E-state index contributed by atoms with van der Waals surface area (Å²) in [5.41, 5.74) is 3.96. The van der Waals surface area contributed by atoms with Crippen molar-refractivity contribution in [3.8, 4) is 11.3 Å². The second kappa shape index (κ2) is 7.01. The maximum Gasteiger partial charge on any atom is 0.312 e. The second-order valence-corrected chi connectivity index (χ2v) is 7.02. The first-order valence-electron chi connectivity index (χ1n) is 9.24. The summed E-state index contributed by atoms with van der Waals surface area (Å²) in [6.45, 7) is 3.14. The van der Waals surface area contributed by atoms with E-state index < -0.39 is 4.92 Å². The third-order valence-electron chi connectivity index (χ3n) is 5.25. The molecule has 146 valence electrons. The number of nitro groups is 1. The lowest BCUT2D eigenvalue weighted by Crippen LogP contribution is -2.14. The molecule has 0 spiro atoms. The molecule has 0 radical (unpaired) electrons. The largest absolute Gasteiger partial charge is 0.343 e. The number of hydrogen-bond donors (Lipinski definition) is 0. The first-order valence-corrected chi connectivity index (χ1v) is 9.24. The van der Waals surface area contributed by atoms with Crippen LogP contribution in [0.2, 0.25) is 0 Å². The lowest BCUT2D eigenvalue weighted by Gasteiger charge is -2.09. The van der Waals surface area contributed by atoms with E-state index in [2.05, 4.69) is 5.10 Å². The summed E-state index contributed by atoms with van der Waals surface area (Å²) in [5.74, 6) is -0.138. The van der Waals surface area contributed by atoms with Crippen molar-refractivity contribution in [3.63, 3.8) is 0 Å². The molecule has 0 aliphatic carbocycles. The number of fused-ring (bicyclic) bond motifs is 1. The van der Waals surface area contributed by atoms with Crippen LogP contribution in [0.25, 0.3) is 22.2 Å². The van der Waals surface area contributed by atoms with Gasteiger partial charge in [-0.05, 0) is 25.5 Å². The molecule has 0 fully saturated rings. The van der Waals surface area contributed by atoms with Crippen LogP contribution in [-0.4, -0.2) is 25.1 Å². The quantitative estimate of drug-likeness (QED) is 0.287. The number of carbonyl (C=O) groups excluding carboxylic acids is 1. The minimum atomic E-state index is -0.452. The number of aromatic nitrogens is 3. The predicted molar refractivity (Wildman–Crippen MR) is 111 cm³/mol. The Bertz CT molecular complexity index is 1250. The molecular weight excluding hydrogens is 368 g/mol. The highest BCUT2D eigenvalue weighted by Gasteiger charge is 2.26. The highest BCUT2D eigenvalue weighted by molar-refractivity contribution is 6.13. The Morgan fingerprint density at radius 2 is 1.72 bits per heavy atom. The fourth-order valence-corrected chi connectivity index (χ4v) is 3.93. The van der Waals surface area contributed by atoms with Gasteiger partial charge in [-0.2, -0.15) is 5.10 Å². The van der Waals surface area contributed by atoms with Gasteiger partial charge in [0.2, 0.25) is 0 Å². The van der Waals surface area contributed by atoms with Crippen LogP contribution in [0.15, 0.2) is 54.6 Å². The number of rotatable bonds is 5. The van der Waals surface area contributed by atoms with Gasteiger partial charge in [-0.25, -0.2) is 0 Å². The van der Waals surface area contributed by atoms with E-state index in [0.717, 1.165) is 22.2 Å². The molecule has 0 unspecified atom stereocenters. The molecule has 0 saturated carbocycles. The van der Waals surface area contributed by atoms with Gasteiger partial charge in [0.1, 0.15) is 17.9 Å². The van der Waals surface area contributed by atoms with Gasteiger partial charge in [0, 0.05) is 18.0 Å². The van der Waals surface area contributed by atoms with Crippen molar-refractivity contribution in [1.82, 2.24) is 14.3 Å². The highest BCUT2D eigenvalue weighted by atomic mass is 16.6. The van der Waals surface area contributed by atoms with Gasteiger partial charge in [0.25, 0.3) is 0 Å². The van der Waals surface area contributed by atoms with Crippen LogP contribution in [0.3, 0.4) is 0 Å². The SMILES string of the molecule is Cc1nn(CC(=O)c2c(-c3ccccc3)n(C)c3ccccc23)c(C)c1[N+](=O)[O-]. The molecule has 0 bridgehead atoms. The van der Waals surface area contributed by atoms with E-state index in [1.54, 1.807) is 13.8 Å². The molecule has 0 aliphatic heterocycles. The van der Waals surface area contributed by atoms with E-state index in [0.29, 0.717) is 17.0 Å². The van der Waals surface area contributed by atoms with E-state index in [4.69, 9.17) is 0 Å². The Morgan fingerprint density at radius 1 is 1.07 bits per heavy atom. The smallest absolute Gasteiger partial charge is 0.312 e. The van der Waals surface area contributed by atoms with Crippen molar-refractivity contribution in [3.05, 3.63) is 81.7 Å². The Balaban J connectivity index is 1.87. The number of ketones is 1. The Labute approximate surface area is 167 Å². The average Bonchev–Trinajstić information content (AvgIpc) is 3.16. The molecule has 7 heteroatoms. The molecule has 0 amide bonds. The van der Waals surface area contributed by atoms with Gasteiger partial charge < -0.3 is 4.57 Å². The Morgan fingerprint density at radius 3 is 2.38 bits per heavy atom. The molecular formula is C22H20N4O3. The van der Waals surface area contributed by atoms with Gasteiger partial charge >= 0.3 is 5.69 Å². The van der Waals surface area contributed by atoms with Crippen molar-refractivity contribution in [2.75, 3.05) is 0 Å². The molecule has 4 aromatic rings. The summed E-state index contributed by atoms with van der Waals surface area (Å²) in [4.78, 5) is 24.3. The molecule has 0 atom stereocenters. The molecule has 0 N–H and O–H groups in total. The van der Waals surface area contributed by atoms with Crippen molar-refractivity contribution in [2.24, 2.45) is 7.05 Å². The van der Waals surface area contributed by atoms with E-state index in [9.17, 15) is 14.9 Å². The van der Waals surface area contributed by atoms with Crippen LogP contribution < -0.4 is 0 Å². The van der Waals surface area contributed by atoms with E-state index in [-0.39, 0.29) is 18.0 Å². The van der Waals surface area contributed by atoms with Crippen LogP contribution >= 0.6 is 0 Å². The van der Waals surface area contributed by atoms with Crippen LogP contribution in [0.1, 0.15) is 21.7 Å². The molecule has 0 saturated heterocycles. The number of aryl methyl sites for hydroxylation is 2. The van der Waals surface area contributed by atoms with Crippen molar-refractivity contribution in [2.45, 2.75) is 20.4 Å². The van der Waals surface area contributed by atoms with Crippen LogP contribution in [-0.2, 0) is 13.6 Å².